The number of pyridine rings is 1. The maximum atomic E-state index is 12.7. The first-order chi connectivity index (χ1) is 9.74. The van der Waals surface area contributed by atoms with Gasteiger partial charge in [-0.15, -0.1) is 0 Å². The Labute approximate surface area is 118 Å². The number of carbonyl (C=O) groups is 2. The van der Waals surface area contributed by atoms with Crippen LogP contribution in [0.1, 0.15) is 28.7 Å². The van der Waals surface area contributed by atoms with E-state index in [1.807, 2.05) is 0 Å². The summed E-state index contributed by atoms with van der Waals surface area (Å²) in [6, 6.07) is 1.94. The zero-order valence-corrected chi connectivity index (χ0v) is 11.3. The van der Waals surface area contributed by atoms with E-state index >= 15 is 0 Å². The van der Waals surface area contributed by atoms with Crippen molar-refractivity contribution < 1.29 is 27.5 Å². The summed E-state index contributed by atoms with van der Waals surface area (Å²) in [7, 11) is 1.19. The molecule has 0 aromatic carbocycles. The van der Waals surface area contributed by atoms with Gasteiger partial charge in [-0.25, -0.2) is 9.78 Å². The van der Waals surface area contributed by atoms with Crippen LogP contribution in [0.4, 0.5) is 18.0 Å². The zero-order chi connectivity index (χ0) is 16.0. The highest BCUT2D eigenvalue weighted by molar-refractivity contribution is 5.94. The maximum absolute atomic E-state index is 12.7. The first-order valence-electron chi connectivity index (χ1n) is 5.82. The van der Waals surface area contributed by atoms with E-state index in [1.54, 1.807) is 0 Å². The number of rotatable bonds is 4. The van der Waals surface area contributed by atoms with Crippen molar-refractivity contribution >= 4 is 18.0 Å². The van der Waals surface area contributed by atoms with Crippen LogP contribution >= 0.6 is 0 Å². The van der Waals surface area contributed by atoms with E-state index in [1.165, 1.54) is 32.3 Å². The molecule has 1 N–H and O–H groups in total. The van der Waals surface area contributed by atoms with Crippen molar-refractivity contribution in [3.05, 3.63) is 35.2 Å². The topological polar surface area (TPSA) is 68.3 Å². The molecule has 5 nitrogen and oxygen atoms in total. The van der Waals surface area contributed by atoms with E-state index in [-0.39, 0.29) is 17.8 Å². The molecule has 1 heterocycles. The van der Waals surface area contributed by atoms with Gasteiger partial charge in [-0.1, -0.05) is 6.08 Å². The number of nitrogens with one attached hydrogen (secondary N) is 1. The number of Topliss-reactive ketones (excluding diaryl/α,β-unsaturated/α-hetero) is 1. The van der Waals surface area contributed by atoms with E-state index in [9.17, 15) is 22.8 Å². The lowest BCUT2D eigenvalue weighted by molar-refractivity contribution is -0.141. The molecular weight excluding hydrogens is 289 g/mol. The Kier molecular flexibility index (Phi) is 5.45. The predicted molar refractivity (Wildman–Crippen MR) is 68.7 cm³/mol. The number of methoxy groups -OCH3 is 1. The summed E-state index contributed by atoms with van der Waals surface area (Å²) < 4.78 is 42.4. The van der Waals surface area contributed by atoms with Crippen molar-refractivity contribution in [2.75, 3.05) is 13.7 Å². The third-order valence-electron chi connectivity index (χ3n) is 2.38. The average Bonchev–Trinajstić information content (AvgIpc) is 2.42. The minimum absolute atomic E-state index is 0.0262. The maximum Gasteiger partial charge on any atom is 0.433 e. The number of hydrogen-bond donors (Lipinski definition) is 1. The summed E-state index contributed by atoms with van der Waals surface area (Å²) in [5.41, 5.74) is -1.25. The molecule has 1 aromatic heterocycles. The fourth-order valence-corrected chi connectivity index (χ4v) is 1.38. The van der Waals surface area contributed by atoms with Gasteiger partial charge in [-0.3, -0.25) is 4.79 Å². The molecule has 0 fully saturated rings. The first kappa shape index (κ1) is 16.7. The van der Waals surface area contributed by atoms with Gasteiger partial charge in [0.2, 0.25) is 0 Å². The van der Waals surface area contributed by atoms with E-state index in [2.05, 4.69) is 15.0 Å². The number of alkyl halides is 3. The molecule has 8 heteroatoms. The van der Waals surface area contributed by atoms with Gasteiger partial charge in [0.15, 0.2) is 5.78 Å². The van der Waals surface area contributed by atoms with Crippen molar-refractivity contribution in [1.29, 1.82) is 0 Å². The molecule has 21 heavy (non-hydrogen) atoms. The second kappa shape index (κ2) is 6.87. The Morgan fingerprint density at radius 3 is 2.57 bits per heavy atom. The zero-order valence-electron chi connectivity index (χ0n) is 11.3. The fourth-order valence-electron chi connectivity index (χ4n) is 1.38. The number of nitrogens with zero attached hydrogens (tertiary/aromatic N) is 1. The highest BCUT2D eigenvalue weighted by Gasteiger charge is 2.33. The minimum atomic E-state index is -4.64. The van der Waals surface area contributed by atoms with Crippen molar-refractivity contribution in [3.8, 4) is 0 Å². The third kappa shape index (κ3) is 5.25. The molecule has 0 radical (unpaired) electrons. The lowest BCUT2D eigenvalue weighted by atomic mass is 10.1. The molecule has 1 amide bonds. The molecule has 0 spiro atoms. The van der Waals surface area contributed by atoms with Crippen LogP contribution in [0.5, 0.6) is 0 Å². The Bertz CT molecular complexity index is 568. The average molecular weight is 302 g/mol. The molecule has 0 saturated carbocycles. The van der Waals surface area contributed by atoms with Gasteiger partial charge in [0.1, 0.15) is 5.69 Å². The number of carbonyl (C=O) groups excluding carboxylic acids is 2. The van der Waals surface area contributed by atoms with Crippen LogP contribution in [0, 0.1) is 0 Å². The number of aromatic nitrogens is 1. The standard InChI is InChI=1S/C13H13F3N2O3/c1-8(19)9-6-10(4-3-5-17-12(20)21-2)18-11(7-9)13(14,15)16/h3-4,6-7H,5H2,1-2H3,(H,17,20). The van der Waals surface area contributed by atoms with E-state index in [0.717, 1.165) is 0 Å². The molecule has 0 bridgehead atoms. The summed E-state index contributed by atoms with van der Waals surface area (Å²) in [5, 5.41) is 2.32. The fraction of sp³-hybridized carbons (Fsp3) is 0.308. The van der Waals surface area contributed by atoms with Gasteiger partial charge < -0.3 is 10.1 Å². The van der Waals surface area contributed by atoms with E-state index in [4.69, 9.17) is 0 Å². The Morgan fingerprint density at radius 2 is 2.05 bits per heavy atom. The molecule has 0 unspecified atom stereocenters. The van der Waals surface area contributed by atoms with Crippen molar-refractivity contribution in [1.82, 2.24) is 10.3 Å². The highest BCUT2D eigenvalue weighted by atomic mass is 19.4. The Hall–Kier alpha value is -2.38. The van der Waals surface area contributed by atoms with Crippen LogP contribution in [-0.2, 0) is 10.9 Å². The first-order valence-corrected chi connectivity index (χ1v) is 5.82. The Balaban J connectivity index is 2.96. The highest BCUT2D eigenvalue weighted by Crippen LogP contribution is 2.28. The van der Waals surface area contributed by atoms with Gasteiger partial charge in [0.05, 0.1) is 12.8 Å². The van der Waals surface area contributed by atoms with Gasteiger partial charge >= 0.3 is 12.3 Å². The second-order valence-electron chi connectivity index (χ2n) is 3.99. The monoisotopic (exact) mass is 302 g/mol. The number of alkyl carbamates (subject to hydrolysis) is 1. The summed E-state index contributed by atoms with van der Waals surface area (Å²) >= 11 is 0. The van der Waals surface area contributed by atoms with Gasteiger partial charge in [-0.05, 0) is 25.1 Å². The van der Waals surface area contributed by atoms with Gasteiger partial charge in [0, 0.05) is 12.1 Å². The van der Waals surface area contributed by atoms with Crippen LogP contribution in [0.2, 0.25) is 0 Å². The third-order valence-corrected chi connectivity index (χ3v) is 2.38. The van der Waals surface area contributed by atoms with Gasteiger partial charge in [0.25, 0.3) is 0 Å². The number of halogens is 3. The smallest absolute Gasteiger partial charge is 0.433 e. The van der Waals surface area contributed by atoms with Crippen molar-refractivity contribution in [2.24, 2.45) is 0 Å². The van der Waals surface area contributed by atoms with Gasteiger partial charge in [-0.2, -0.15) is 13.2 Å². The molecule has 1 aromatic rings. The normalized spacial score (nSPS) is 11.5. The number of amides is 1. The van der Waals surface area contributed by atoms with Crippen LogP contribution in [0.15, 0.2) is 18.2 Å². The molecule has 0 aliphatic rings. The largest absolute Gasteiger partial charge is 0.453 e. The molecule has 114 valence electrons. The lowest BCUT2D eigenvalue weighted by Crippen LogP contribution is -2.22. The molecule has 0 saturated heterocycles. The Morgan fingerprint density at radius 1 is 1.38 bits per heavy atom. The van der Waals surface area contributed by atoms with Crippen LogP contribution in [0.25, 0.3) is 6.08 Å². The minimum Gasteiger partial charge on any atom is -0.453 e. The molecule has 0 aliphatic heterocycles. The van der Waals surface area contributed by atoms with E-state index in [0.29, 0.717) is 6.07 Å². The lowest BCUT2D eigenvalue weighted by Gasteiger charge is -2.08. The predicted octanol–water partition coefficient (Wildman–Crippen LogP) is 2.67. The van der Waals surface area contributed by atoms with Crippen LogP contribution in [-0.4, -0.2) is 30.5 Å². The SMILES string of the molecule is COC(=O)NCC=Cc1cc(C(C)=O)cc(C(F)(F)F)n1. The summed E-state index contributed by atoms with van der Waals surface area (Å²) in [4.78, 5) is 25.4. The van der Waals surface area contributed by atoms with Crippen molar-refractivity contribution in [3.63, 3.8) is 0 Å². The second-order valence-corrected chi connectivity index (χ2v) is 3.99. The molecule has 0 aliphatic carbocycles. The summed E-state index contributed by atoms with van der Waals surface area (Å²) in [6.45, 7) is 1.22. The number of ether oxygens (including phenoxy) is 1. The molecule has 1 rings (SSSR count). The van der Waals surface area contributed by atoms with Crippen molar-refractivity contribution in [2.45, 2.75) is 13.1 Å². The number of hydrogen-bond acceptors (Lipinski definition) is 4. The van der Waals surface area contributed by atoms with Crippen LogP contribution in [0.3, 0.4) is 0 Å². The number of ketones is 1. The summed E-state index contributed by atoms with van der Waals surface area (Å²) in [5.74, 6) is -0.495. The quantitative estimate of drug-likeness (QED) is 0.868. The molecule has 0 atom stereocenters. The summed E-state index contributed by atoms with van der Waals surface area (Å²) in [6.07, 6.45) is -2.64. The van der Waals surface area contributed by atoms with E-state index < -0.39 is 23.7 Å². The van der Waals surface area contributed by atoms with Crippen LogP contribution < -0.4 is 5.32 Å². The molecular formula is C13H13F3N2O3.